The molecule has 2 aliphatic heterocycles. The molecule has 0 radical (unpaired) electrons. The molecule has 9 nitrogen and oxygen atoms in total. The number of rotatable bonds is 6. The molecule has 43 heavy (non-hydrogen) atoms. The first kappa shape index (κ1) is 30.2. The Labute approximate surface area is 256 Å². The summed E-state index contributed by atoms with van der Waals surface area (Å²) in [5.74, 6) is -0.693. The van der Waals surface area contributed by atoms with E-state index in [0.29, 0.717) is 17.8 Å². The lowest BCUT2D eigenvalue weighted by molar-refractivity contribution is -0.142. The quantitative estimate of drug-likeness (QED) is 0.325. The Kier molecular flexibility index (Phi) is 8.50. The predicted octanol–water partition coefficient (Wildman–Crippen LogP) is 5.92. The summed E-state index contributed by atoms with van der Waals surface area (Å²) in [6, 6.07) is 26.0. The van der Waals surface area contributed by atoms with Crippen LogP contribution in [0.2, 0.25) is 0 Å². The third-order valence-corrected chi connectivity index (χ3v) is 8.09. The second kappa shape index (κ2) is 12.1. The number of hydrogen-bond acceptors (Lipinski definition) is 8. The molecule has 0 N–H and O–H groups in total. The van der Waals surface area contributed by atoms with Crippen LogP contribution in [-0.4, -0.2) is 58.6 Å². The molecule has 2 amide bonds. The molecule has 2 aliphatic rings. The monoisotopic (exact) mass is 600 g/mol. The number of benzene rings is 3. The van der Waals surface area contributed by atoms with Gasteiger partial charge in [0, 0.05) is 12.1 Å². The van der Waals surface area contributed by atoms with Crippen LogP contribution in [0, 0.1) is 0 Å². The van der Waals surface area contributed by atoms with Gasteiger partial charge in [0.1, 0.15) is 11.6 Å². The van der Waals surface area contributed by atoms with E-state index in [2.05, 4.69) is 0 Å². The first-order valence-corrected chi connectivity index (χ1v) is 15.3. The zero-order valence-corrected chi connectivity index (χ0v) is 25.8. The maximum absolute atomic E-state index is 15.3. The zero-order chi connectivity index (χ0) is 30.8. The molecular weight excluding hydrogens is 564 g/mol. The zero-order valence-electron chi connectivity index (χ0n) is 25.0. The molecule has 0 unspecified atom stereocenters. The van der Waals surface area contributed by atoms with E-state index in [1.165, 1.54) is 23.8 Å². The van der Waals surface area contributed by atoms with Gasteiger partial charge in [-0.3, -0.25) is 14.6 Å². The number of thioether (sulfide) groups is 1. The van der Waals surface area contributed by atoms with E-state index in [0.717, 1.165) is 11.1 Å². The van der Waals surface area contributed by atoms with E-state index in [9.17, 15) is 9.59 Å². The fourth-order valence-electron chi connectivity index (χ4n) is 5.76. The second-order valence-corrected chi connectivity index (χ2v) is 12.1. The Morgan fingerprint density at radius 3 is 2.21 bits per heavy atom. The molecule has 0 saturated carbocycles. The van der Waals surface area contributed by atoms with Gasteiger partial charge in [0.05, 0.1) is 25.8 Å². The third kappa shape index (κ3) is 5.59. The summed E-state index contributed by atoms with van der Waals surface area (Å²) < 4.78 is 10.9. The number of esters is 1. The lowest BCUT2D eigenvalue weighted by atomic mass is 9.77. The van der Waals surface area contributed by atoms with E-state index < -0.39 is 29.2 Å². The van der Waals surface area contributed by atoms with Crippen molar-refractivity contribution in [1.29, 1.82) is 0 Å². The van der Waals surface area contributed by atoms with Gasteiger partial charge in [-0.15, -0.1) is 0 Å². The van der Waals surface area contributed by atoms with Crippen LogP contribution >= 0.6 is 11.8 Å². The molecule has 3 aromatic carbocycles. The fraction of sp³-hybridized carbons (Fsp3) is 0.333. The molecule has 0 aromatic heterocycles. The Hall–Kier alpha value is -4.31. The molecular formula is C33H36N4O5S. The first-order chi connectivity index (χ1) is 20.6. The summed E-state index contributed by atoms with van der Waals surface area (Å²) in [5.41, 5.74) is 0.609. The van der Waals surface area contributed by atoms with Gasteiger partial charge in [-0.05, 0) is 44.2 Å². The van der Waals surface area contributed by atoms with Crippen LogP contribution in [0.4, 0.5) is 10.5 Å². The van der Waals surface area contributed by atoms with Crippen LogP contribution in [0.1, 0.15) is 49.9 Å². The number of amidine groups is 1. The van der Waals surface area contributed by atoms with Crippen molar-refractivity contribution < 1.29 is 23.9 Å². The van der Waals surface area contributed by atoms with Crippen molar-refractivity contribution in [3.8, 4) is 0 Å². The fourth-order valence-corrected chi connectivity index (χ4v) is 6.35. The Bertz CT molecular complexity index is 1530. The van der Waals surface area contributed by atoms with Gasteiger partial charge in [-0.2, -0.15) is 5.10 Å². The average Bonchev–Trinajstić information content (AvgIpc) is 3.23. The minimum atomic E-state index is -1.61. The Morgan fingerprint density at radius 1 is 0.953 bits per heavy atom. The molecule has 1 spiro atoms. The molecule has 0 fully saturated rings. The molecule has 3 aromatic rings. The summed E-state index contributed by atoms with van der Waals surface area (Å²) in [5, 5.41) is 6.93. The van der Waals surface area contributed by atoms with Gasteiger partial charge < -0.3 is 14.4 Å². The number of amides is 2. The number of para-hydroxylation sites is 1. The van der Waals surface area contributed by atoms with E-state index >= 15 is 4.79 Å². The van der Waals surface area contributed by atoms with Crippen molar-refractivity contribution in [3.05, 3.63) is 102 Å². The first-order valence-electron chi connectivity index (χ1n) is 14.1. The highest BCUT2D eigenvalue weighted by Crippen LogP contribution is 2.56. The number of fused-ring (bicyclic) bond motifs is 2. The largest absolute Gasteiger partial charge is 0.469 e. The van der Waals surface area contributed by atoms with Gasteiger partial charge in [-0.1, -0.05) is 90.6 Å². The summed E-state index contributed by atoms with van der Waals surface area (Å²) in [4.78, 5) is 45.1. The molecule has 0 aliphatic carbocycles. The molecule has 0 saturated heterocycles. The number of nitrogens with zero attached hydrogens (tertiary/aromatic N) is 4. The predicted molar refractivity (Wildman–Crippen MR) is 167 cm³/mol. The Morgan fingerprint density at radius 2 is 1.58 bits per heavy atom. The van der Waals surface area contributed by atoms with Crippen molar-refractivity contribution >= 4 is 40.6 Å². The number of anilines is 1. The summed E-state index contributed by atoms with van der Waals surface area (Å²) >= 11 is 1.24. The van der Waals surface area contributed by atoms with Gasteiger partial charge >= 0.3 is 12.1 Å². The SMILES string of the molecule is COC(=O)CCN1N=C(SC)N(C(=O)OC(C)(C)C)[C@@]2(C(=O)N(Cc3ccccc3)c3ccccc32)[C@@H]1c1ccccc1. The number of hydrogen-bond donors (Lipinski definition) is 0. The summed E-state index contributed by atoms with van der Waals surface area (Å²) in [6.45, 7) is 5.84. The van der Waals surface area contributed by atoms with Gasteiger partial charge in [-0.25, -0.2) is 9.69 Å². The lowest BCUT2D eigenvalue weighted by Crippen LogP contribution is -2.66. The highest BCUT2D eigenvalue weighted by Gasteiger charge is 2.66. The van der Waals surface area contributed by atoms with Crippen LogP contribution < -0.4 is 4.90 Å². The lowest BCUT2D eigenvalue weighted by Gasteiger charge is -2.51. The van der Waals surface area contributed by atoms with Crippen LogP contribution in [0.5, 0.6) is 0 Å². The molecule has 2 atom stereocenters. The standard InChI is InChI=1S/C33H36N4O5S/c1-32(2,3)42-31(40)37-30(43-5)34-36(21-20-27(38)41-4)28(24-16-10-7-11-17-24)33(37)25-18-12-13-19-26(25)35(29(33)39)22-23-14-8-6-9-15-23/h6-19,28H,20-22H2,1-5H3/t28-,33+/m0/s1. The number of carbonyl (C=O) groups is 3. The smallest absolute Gasteiger partial charge is 0.417 e. The highest BCUT2D eigenvalue weighted by molar-refractivity contribution is 8.13. The molecule has 5 rings (SSSR count). The maximum atomic E-state index is 15.3. The van der Waals surface area contributed by atoms with Crippen LogP contribution in [-0.2, 0) is 31.1 Å². The van der Waals surface area contributed by atoms with E-state index in [-0.39, 0.29) is 24.0 Å². The highest BCUT2D eigenvalue weighted by atomic mass is 32.2. The minimum Gasteiger partial charge on any atom is -0.469 e. The van der Waals surface area contributed by atoms with Crippen molar-refractivity contribution in [2.24, 2.45) is 5.10 Å². The van der Waals surface area contributed by atoms with Crippen LogP contribution in [0.3, 0.4) is 0 Å². The van der Waals surface area contributed by atoms with E-state index in [4.69, 9.17) is 14.6 Å². The normalized spacial score (nSPS) is 19.7. The van der Waals surface area contributed by atoms with Crippen molar-refractivity contribution in [2.75, 3.05) is 24.8 Å². The number of hydrazone groups is 1. The van der Waals surface area contributed by atoms with Crippen molar-refractivity contribution in [1.82, 2.24) is 9.91 Å². The van der Waals surface area contributed by atoms with Crippen LogP contribution in [0.15, 0.2) is 90.0 Å². The topological polar surface area (TPSA) is 91.7 Å². The summed E-state index contributed by atoms with van der Waals surface area (Å²) in [7, 11) is 1.34. The van der Waals surface area contributed by atoms with Crippen molar-refractivity contribution in [2.45, 2.75) is 50.9 Å². The van der Waals surface area contributed by atoms with E-state index in [1.54, 1.807) is 36.9 Å². The molecule has 2 heterocycles. The molecule has 0 bridgehead atoms. The molecule has 224 valence electrons. The minimum absolute atomic E-state index is 0.0388. The van der Waals surface area contributed by atoms with Crippen LogP contribution in [0.25, 0.3) is 0 Å². The number of ether oxygens (including phenoxy) is 2. The summed E-state index contributed by atoms with van der Waals surface area (Å²) in [6.07, 6.45) is 1.16. The van der Waals surface area contributed by atoms with Gasteiger partial charge in [0.25, 0.3) is 5.91 Å². The van der Waals surface area contributed by atoms with Crippen molar-refractivity contribution in [3.63, 3.8) is 0 Å². The molecule has 10 heteroatoms. The van der Waals surface area contributed by atoms with E-state index in [1.807, 2.05) is 84.9 Å². The Balaban J connectivity index is 1.80. The number of methoxy groups -OCH3 is 1. The van der Waals surface area contributed by atoms with Gasteiger partial charge in [0.15, 0.2) is 10.7 Å². The average molecular weight is 601 g/mol. The van der Waals surface area contributed by atoms with Gasteiger partial charge in [0.2, 0.25) is 0 Å². The number of carbonyl (C=O) groups excluding carboxylic acids is 3. The maximum Gasteiger partial charge on any atom is 0.417 e. The third-order valence-electron chi connectivity index (χ3n) is 7.46. The second-order valence-electron chi connectivity index (χ2n) is 11.4.